The van der Waals surface area contributed by atoms with Crippen molar-refractivity contribution in [2.45, 2.75) is 15.7 Å². The maximum absolute atomic E-state index is 12.0. The normalized spacial score (nSPS) is 83.7. The quantitative estimate of drug-likeness (QED) is 0.532. The summed E-state index contributed by atoms with van der Waals surface area (Å²) in [4.78, 5) is 0. The van der Waals surface area contributed by atoms with Crippen molar-refractivity contribution in [1.29, 1.82) is 0 Å². The maximum Gasteiger partial charge on any atom is 0.0721 e. The van der Waals surface area contributed by atoms with Crippen LogP contribution in [-0.2, 0) is 21.6 Å². The SMILES string of the molecule is [2H]C1=C[C@@H]2C([2H])(S1=O)C1([2H])C=C[C@@]2([2H])S1=O. The minimum absolute atomic E-state index is 0.228. The van der Waals surface area contributed by atoms with Gasteiger partial charge in [-0.2, -0.15) is 0 Å². The van der Waals surface area contributed by atoms with Crippen LogP contribution in [-0.4, -0.2) is 24.1 Å². The third kappa shape index (κ3) is 0.661. The minimum Gasteiger partial charge on any atom is -0.258 e. The first-order chi connectivity index (χ1) is 7.28. The van der Waals surface area contributed by atoms with Crippen molar-refractivity contribution in [1.82, 2.24) is 0 Å². The van der Waals surface area contributed by atoms with Gasteiger partial charge in [-0.05, 0) is 5.38 Å². The van der Waals surface area contributed by atoms with Gasteiger partial charge >= 0.3 is 0 Å². The molecule has 3 rings (SSSR count). The number of hydrogen-bond acceptors (Lipinski definition) is 2. The Hall–Kier alpha value is -0.220. The first-order valence-corrected chi connectivity index (χ1v) is 5.81. The lowest BCUT2D eigenvalue weighted by atomic mass is 9.94. The van der Waals surface area contributed by atoms with Gasteiger partial charge in [0, 0.05) is 19.5 Å². The van der Waals surface area contributed by atoms with Crippen LogP contribution in [0, 0.1) is 5.92 Å². The summed E-state index contributed by atoms with van der Waals surface area (Å²) in [7, 11) is -3.88. The topological polar surface area (TPSA) is 34.1 Å². The summed E-state index contributed by atoms with van der Waals surface area (Å²) in [5, 5.41) is -5.47. The average Bonchev–Trinajstić information content (AvgIpc) is 2.66. The van der Waals surface area contributed by atoms with Gasteiger partial charge in [0.05, 0.1) is 29.2 Å². The molecule has 3 heterocycles. The Morgan fingerprint density at radius 2 is 2.00 bits per heavy atom. The van der Waals surface area contributed by atoms with Crippen molar-refractivity contribution in [2.24, 2.45) is 5.92 Å². The molecular weight excluding hydrogens is 192 g/mol. The van der Waals surface area contributed by atoms with Crippen LogP contribution >= 0.6 is 0 Å². The molecule has 1 fully saturated rings. The van der Waals surface area contributed by atoms with E-state index in [0.29, 0.717) is 0 Å². The molecule has 0 spiro atoms. The van der Waals surface area contributed by atoms with Crippen LogP contribution < -0.4 is 0 Å². The highest BCUT2D eigenvalue weighted by Gasteiger charge is 2.53. The van der Waals surface area contributed by atoms with E-state index in [1.54, 1.807) is 0 Å². The van der Waals surface area contributed by atoms with Crippen LogP contribution in [0.15, 0.2) is 23.6 Å². The lowest BCUT2D eigenvalue weighted by Gasteiger charge is -2.15. The Morgan fingerprint density at radius 1 is 1.25 bits per heavy atom. The Balaban J connectivity index is 2.33. The third-order valence-corrected chi connectivity index (χ3v) is 5.11. The van der Waals surface area contributed by atoms with Gasteiger partial charge in [0.25, 0.3) is 0 Å². The highest BCUT2D eigenvalue weighted by molar-refractivity contribution is 7.93. The van der Waals surface area contributed by atoms with Crippen LogP contribution in [0.2, 0.25) is 0 Å². The van der Waals surface area contributed by atoms with Crippen LogP contribution in [0.25, 0.3) is 0 Å². The Morgan fingerprint density at radius 3 is 2.75 bits per heavy atom. The second-order valence-electron chi connectivity index (χ2n) is 2.76. The van der Waals surface area contributed by atoms with Crippen LogP contribution in [0.5, 0.6) is 0 Å². The van der Waals surface area contributed by atoms with Gasteiger partial charge in [-0.1, -0.05) is 18.2 Å². The molecule has 0 aromatic heterocycles. The van der Waals surface area contributed by atoms with Gasteiger partial charge in [0.2, 0.25) is 0 Å². The van der Waals surface area contributed by atoms with Crippen LogP contribution in [0.3, 0.4) is 0 Å². The first-order valence-electron chi connectivity index (χ1n) is 5.51. The molecule has 0 aromatic carbocycles. The Bertz CT molecular complexity index is 518. The smallest absolute Gasteiger partial charge is 0.0721 e. The Labute approximate surface area is 81.3 Å². The largest absolute Gasteiger partial charge is 0.258 e. The standard InChI is InChI=1S/C8H8O2S2/c9-11-4-3-5-6-1-2-7(8(5)11)12(6)10/h1-8H/t5-,6+,7?,8?,11?,12?/m0/s1/i4D,6D,7D,8D. The van der Waals surface area contributed by atoms with Gasteiger partial charge in [-0.25, -0.2) is 0 Å². The van der Waals surface area contributed by atoms with E-state index in [4.69, 9.17) is 5.48 Å². The van der Waals surface area contributed by atoms with E-state index in [9.17, 15) is 8.42 Å². The van der Waals surface area contributed by atoms with E-state index in [2.05, 4.69) is 0 Å². The van der Waals surface area contributed by atoms with E-state index in [1.165, 1.54) is 18.2 Å². The van der Waals surface area contributed by atoms with Gasteiger partial charge in [-0.15, -0.1) is 0 Å². The second kappa shape index (κ2) is 2.17. The molecule has 2 bridgehead atoms. The van der Waals surface area contributed by atoms with Crippen molar-refractivity contribution in [3.05, 3.63) is 23.6 Å². The zero-order valence-corrected chi connectivity index (χ0v) is 7.58. The molecule has 2 nitrogen and oxygen atoms in total. The fourth-order valence-electron chi connectivity index (χ4n) is 1.64. The van der Waals surface area contributed by atoms with Gasteiger partial charge in [0.15, 0.2) is 0 Å². The molecule has 0 amide bonds. The third-order valence-electron chi connectivity index (χ3n) is 2.19. The number of rotatable bonds is 0. The molecule has 6 atom stereocenters. The zero-order chi connectivity index (χ0) is 11.9. The van der Waals surface area contributed by atoms with E-state index >= 15 is 0 Å². The molecule has 1 saturated heterocycles. The lowest BCUT2D eigenvalue weighted by molar-refractivity contribution is 0.632. The molecule has 4 unspecified atom stereocenters. The number of fused-ring (bicyclic) bond motifs is 5. The second-order valence-corrected chi connectivity index (χ2v) is 5.43. The number of allylic oxidation sites excluding steroid dienone is 1. The lowest BCUT2D eigenvalue weighted by Crippen LogP contribution is -2.27. The monoisotopic (exact) mass is 204 g/mol. The maximum atomic E-state index is 12.0. The molecule has 0 aliphatic carbocycles. The molecule has 0 aromatic rings. The van der Waals surface area contributed by atoms with E-state index in [1.807, 2.05) is 0 Å². The first kappa shape index (κ1) is 4.33. The predicted molar refractivity (Wildman–Crippen MR) is 49.4 cm³/mol. The van der Waals surface area contributed by atoms with Crippen LogP contribution in [0.4, 0.5) is 0 Å². The molecular formula is C8H8O2S2. The van der Waals surface area contributed by atoms with Gasteiger partial charge in [0.1, 0.15) is 0 Å². The molecule has 0 radical (unpaired) electrons. The summed E-state index contributed by atoms with van der Waals surface area (Å²) in [5.74, 6) is -0.892. The van der Waals surface area contributed by atoms with E-state index in [-0.39, 0.29) is 5.38 Å². The van der Waals surface area contributed by atoms with Crippen molar-refractivity contribution < 1.29 is 13.9 Å². The fraction of sp³-hybridized carbons (Fsp3) is 0.500. The van der Waals surface area contributed by atoms with Gasteiger partial charge < -0.3 is 0 Å². The van der Waals surface area contributed by atoms with Crippen molar-refractivity contribution in [3.8, 4) is 0 Å². The fourth-order valence-corrected chi connectivity index (χ4v) is 4.60. The zero-order valence-electron chi connectivity index (χ0n) is 9.94. The average molecular weight is 204 g/mol. The Kier molecular flexibility index (Phi) is 0.784. The predicted octanol–water partition coefficient (Wildman–Crippen LogP) is 0.317. The van der Waals surface area contributed by atoms with Crippen molar-refractivity contribution in [3.63, 3.8) is 0 Å². The van der Waals surface area contributed by atoms with Crippen LogP contribution in [0.1, 0.15) is 5.48 Å². The molecule has 3 aliphatic heterocycles. The molecule has 0 saturated carbocycles. The van der Waals surface area contributed by atoms with Gasteiger partial charge in [-0.3, -0.25) is 8.42 Å². The number of hydrogen-bond donors (Lipinski definition) is 0. The molecule has 0 N–H and O–H groups in total. The van der Waals surface area contributed by atoms with E-state index < -0.39 is 43.2 Å². The molecule has 12 heavy (non-hydrogen) atoms. The summed E-state index contributed by atoms with van der Waals surface area (Å²) in [6.45, 7) is 0. The highest BCUT2D eigenvalue weighted by atomic mass is 32.2. The summed E-state index contributed by atoms with van der Waals surface area (Å²) in [6.07, 6.45) is 3.84. The van der Waals surface area contributed by atoms with Crippen molar-refractivity contribution >= 4 is 21.6 Å². The molecule has 64 valence electrons. The summed E-state index contributed by atoms with van der Waals surface area (Å²) in [6, 6.07) is 0. The van der Waals surface area contributed by atoms with E-state index in [0.717, 1.165) is 0 Å². The molecule has 3 aliphatic rings. The summed E-state index contributed by atoms with van der Waals surface area (Å²) >= 11 is 0. The summed E-state index contributed by atoms with van der Waals surface area (Å²) in [5.41, 5.74) is 0. The highest BCUT2D eigenvalue weighted by Crippen LogP contribution is 2.43. The molecule has 4 heteroatoms. The summed E-state index contributed by atoms with van der Waals surface area (Å²) < 4.78 is 55.6. The minimum atomic E-state index is -1.98. The van der Waals surface area contributed by atoms with Crippen molar-refractivity contribution in [2.75, 3.05) is 0 Å².